The van der Waals surface area contributed by atoms with Gasteiger partial charge in [-0.3, -0.25) is 4.72 Å². The summed E-state index contributed by atoms with van der Waals surface area (Å²) < 4.78 is 26.2. The van der Waals surface area contributed by atoms with Crippen LogP contribution in [0.25, 0.3) is 0 Å². The van der Waals surface area contributed by atoms with Crippen LogP contribution in [0.15, 0.2) is 24.3 Å². The van der Waals surface area contributed by atoms with Crippen LogP contribution in [0, 0.1) is 5.41 Å². The van der Waals surface area contributed by atoms with E-state index >= 15 is 0 Å². The molecular formula is C13H19NO4S. The molecule has 0 bridgehead atoms. The maximum absolute atomic E-state index is 11.9. The topological polar surface area (TPSA) is 83.5 Å². The van der Waals surface area contributed by atoms with E-state index in [4.69, 9.17) is 5.11 Å². The van der Waals surface area contributed by atoms with Gasteiger partial charge in [0.05, 0.1) is 17.0 Å². The van der Waals surface area contributed by atoms with E-state index in [1.165, 1.54) is 12.1 Å². The summed E-state index contributed by atoms with van der Waals surface area (Å²) in [6.45, 7) is 5.86. The molecule has 0 aliphatic heterocycles. The molecule has 0 saturated carbocycles. The minimum atomic E-state index is -3.54. The molecule has 0 spiro atoms. The average molecular weight is 285 g/mol. The van der Waals surface area contributed by atoms with Crippen molar-refractivity contribution in [3.63, 3.8) is 0 Å². The van der Waals surface area contributed by atoms with E-state index in [1.54, 1.807) is 12.1 Å². The summed E-state index contributed by atoms with van der Waals surface area (Å²) in [5.41, 5.74) is -0.0492. The quantitative estimate of drug-likeness (QED) is 0.871. The molecule has 0 heterocycles. The van der Waals surface area contributed by atoms with E-state index in [0.29, 0.717) is 6.42 Å². The molecule has 0 aliphatic carbocycles. The standard InChI is InChI=1S/C13H19NO4S/c1-13(2,3)8-9-19(17,18)14-11-7-5-4-6-10(11)12(15)16/h4-7,14H,8-9H2,1-3H3,(H,15,16). The van der Waals surface area contributed by atoms with Crippen LogP contribution in [-0.4, -0.2) is 25.2 Å². The van der Waals surface area contributed by atoms with Gasteiger partial charge in [0.2, 0.25) is 10.0 Å². The normalized spacial score (nSPS) is 12.2. The number of carboxylic acid groups (broad SMARTS) is 1. The molecule has 19 heavy (non-hydrogen) atoms. The van der Waals surface area contributed by atoms with Crippen LogP contribution in [-0.2, 0) is 10.0 Å². The van der Waals surface area contributed by atoms with Crippen molar-refractivity contribution in [3.05, 3.63) is 29.8 Å². The van der Waals surface area contributed by atoms with E-state index in [-0.39, 0.29) is 22.4 Å². The summed E-state index contributed by atoms with van der Waals surface area (Å²) >= 11 is 0. The SMILES string of the molecule is CC(C)(C)CCS(=O)(=O)Nc1ccccc1C(=O)O. The Morgan fingerprint density at radius 1 is 1.26 bits per heavy atom. The summed E-state index contributed by atoms with van der Waals surface area (Å²) in [7, 11) is -3.54. The predicted octanol–water partition coefficient (Wildman–Crippen LogP) is 2.56. The number of aromatic carboxylic acids is 1. The summed E-state index contributed by atoms with van der Waals surface area (Å²) in [6, 6.07) is 5.95. The molecule has 1 aromatic carbocycles. The molecule has 0 atom stereocenters. The fourth-order valence-electron chi connectivity index (χ4n) is 1.42. The number of para-hydroxylation sites is 1. The summed E-state index contributed by atoms with van der Waals surface area (Å²) in [5.74, 6) is -1.20. The van der Waals surface area contributed by atoms with Crippen LogP contribution in [0.3, 0.4) is 0 Å². The minimum Gasteiger partial charge on any atom is -0.478 e. The Balaban J connectivity index is 2.87. The number of hydrogen-bond acceptors (Lipinski definition) is 3. The lowest BCUT2D eigenvalue weighted by Gasteiger charge is -2.18. The molecule has 0 fully saturated rings. The van der Waals surface area contributed by atoms with Crippen molar-refractivity contribution in [3.8, 4) is 0 Å². The van der Waals surface area contributed by atoms with Gasteiger partial charge in [0.1, 0.15) is 0 Å². The minimum absolute atomic E-state index is 0.0372. The van der Waals surface area contributed by atoms with Crippen molar-refractivity contribution in [1.29, 1.82) is 0 Å². The Bertz CT molecular complexity index is 558. The van der Waals surface area contributed by atoms with Crippen LogP contribution in [0.5, 0.6) is 0 Å². The number of rotatable bonds is 5. The number of anilines is 1. The van der Waals surface area contributed by atoms with Crippen molar-refractivity contribution in [2.24, 2.45) is 5.41 Å². The first-order valence-corrected chi connectivity index (χ1v) is 7.59. The summed E-state index contributed by atoms with van der Waals surface area (Å²) in [5, 5.41) is 8.99. The Hall–Kier alpha value is -1.56. The Kier molecular flexibility index (Phi) is 4.57. The Morgan fingerprint density at radius 2 is 1.84 bits per heavy atom. The van der Waals surface area contributed by atoms with Gasteiger partial charge in [-0.25, -0.2) is 13.2 Å². The fraction of sp³-hybridized carbons (Fsp3) is 0.462. The molecule has 0 aromatic heterocycles. The highest BCUT2D eigenvalue weighted by Gasteiger charge is 2.19. The van der Waals surface area contributed by atoms with Crippen molar-refractivity contribution in [2.75, 3.05) is 10.5 Å². The third kappa shape index (κ3) is 5.30. The number of hydrogen-bond donors (Lipinski definition) is 2. The zero-order valence-corrected chi connectivity index (χ0v) is 12.1. The predicted molar refractivity (Wildman–Crippen MR) is 74.9 cm³/mol. The van der Waals surface area contributed by atoms with Crippen molar-refractivity contribution in [2.45, 2.75) is 27.2 Å². The van der Waals surface area contributed by atoms with Crippen molar-refractivity contribution in [1.82, 2.24) is 0 Å². The number of nitrogens with one attached hydrogen (secondary N) is 1. The lowest BCUT2D eigenvalue weighted by Crippen LogP contribution is -2.22. The lowest BCUT2D eigenvalue weighted by atomic mass is 9.94. The molecule has 1 rings (SSSR count). The average Bonchev–Trinajstić information content (AvgIpc) is 2.26. The third-order valence-electron chi connectivity index (χ3n) is 2.54. The highest BCUT2D eigenvalue weighted by atomic mass is 32.2. The number of carboxylic acids is 1. The van der Waals surface area contributed by atoms with Gasteiger partial charge in [-0.05, 0) is 24.0 Å². The first kappa shape index (κ1) is 15.5. The zero-order valence-electron chi connectivity index (χ0n) is 11.3. The van der Waals surface area contributed by atoms with Gasteiger partial charge in [-0.2, -0.15) is 0 Å². The van der Waals surface area contributed by atoms with Gasteiger partial charge >= 0.3 is 5.97 Å². The zero-order chi connectivity index (χ0) is 14.7. The second-order valence-corrected chi connectivity index (χ2v) is 7.42. The van der Waals surface area contributed by atoms with E-state index in [9.17, 15) is 13.2 Å². The van der Waals surface area contributed by atoms with Crippen molar-refractivity contribution >= 4 is 21.7 Å². The third-order valence-corrected chi connectivity index (χ3v) is 3.82. The fourth-order valence-corrected chi connectivity index (χ4v) is 2.91. The molecule has 0 radical (unpaired) electrons. The van der Waals surface area contributed by atoms with Crippen LogP contribution >= 0.6 is 0 Å². The molecule has 106 valence electrons. The van der Waals surface area contributed by atoms with Gasteiger partial charge in [-0.1, -0.05) is 32.9 Å². The van der Waals surface area contributed by atoms with Gasteiger partial charge in [0, 0.05) is 0 Å². The van der Waals surface area contributed by atoms with E-state index < -0.39 is 16.0 Å². The second kappa shape index (κ2) is 5.61. The molecule has 0 amide bonds. The van der Waals surface area contributed by atoms with Gasteiger partial charge < -0.3 is 5.11 Å². The highest BCUT2D eigenvalue weighted by molar-refractivity contribution is 7.92. The van der Waals surface area contributed by atoms with E-state index in [1.807, 2.05) is 20.8 Å². The molecule has 0 saturated heterocycles. The Morgan fingerprint density at radius 3 is 2.37 bits per heavy atom. The smallest absolute Gasteiger partial charge is 0.337 e. The van der Waals surface area contributed by atoms with Crippen LogP contribution in [0.4, 0.5) is 5.69 Å². The Labute approximate surface area is 113 Å². The molecule has 2 N–H and O–H groups in total. The number of sulfonamides is 1. The first-order valence-electron chi connectivity index (χ1n) is 5.93. The van der Waals surface area contributed by atoms with Gasteiger partial charge in [-0.15, -0.1) is 0 Å². The molecule has 0 unspecified atom stereocenters. The lowest BCUT2D eigenvalue weighted by molar-refractivity contribution is 0.0698. The molecular weight excluding hydrogens is 266 g/mol. The molecule has 0 aliphatic rings. The van der Waals surface area contributed by atoms with E-state index in [2.05, 4.69) is 4.72 Å². The van der Waals surface area contributed by atoms with Crippen LogP contribution < -0.4 is 4.72 Å². The van der Waals surface area contributed by atoms with Crippen LogP contribution in [0.2, 0.25) is 0 Å². The molecule has 5 nitrogen and oxygen atoms in total. The van der Waals surface area contributed by atoms with Gasteiger partial charge in [0.15, 0.2) is 0 Å². The molecule has 1 aromatic rings. The maximum atomic E-state index is 11.9. The second-order valence-electron chi connectivity index (χ2n) is 5.58. The van der Waals surface area contributed by atoms with E-state index in [0.717, 1.165) is 0 Å². The largest absolute Gasteiger partial charge is 0.478 e. The number of carbonyl (C=O) groups is 1. The highest BCUT2D eigenvalue weighted by Crippen LogP contribution is 2.21. The first-order chi connectivity index (χ1) is 8.61. The van der Waals surface area contributed by atoms with Gasteiger partial charge in [0.25, 0.3) is 0 Å². The number of benzene rings is 1. The van der Waals surface area contributed by atoms with Crippen molar-refractivity contribution < 1.29 is 18.3 Å². The molecule has 6 heteroatoms. The summed E-state index contributed by atoms with van der Waals surface area (Å²) in [6.07, 6.45) is 0.498. The monoisotopic (exact) mass is 285 g/mol. The summed E-state index contributed by atoms with van der Waals surface area (Å²) in [4.78, 5) is 11.0. The van der Waals surface area contributed by atoms with Crippen LogP contribution in [0.1, 0.15) is 37.6 Å². The maximum Gasteiger partial charge on any atom is 0.337 e.